The molecule has 2 N–H and O–H groups in total. The second-order valence-corrected chi connectivity index (χ2v) is 19.7. The van der Waals surface area contributed by atoms with Gasteiger partial charge in [-0.15, -0.1) is 0 Å². The van der Waals surface area contributed by atoms with Crippen molar-refractivity contribution in [3.63, 3.8) is 0 Å². The van der Waals surface area contributed by atoms with Crippen molar-refractivity contribution in [1.82, 2.24) is 11.5 Å². The summed E-state index contributed by atoms with van der Waals surface area (Å²) in [5.41, 5.74) is 13.0. The third-order valence-corrected chi connectivity index (χ3v) is 18.4. The van der Waals surface area contributed by atoms with Crippen LogP contribution in [0.4, 0.5) is 9.59 Å². The summed E-state index contributed by atoms with van der Waals surface area (Å²) in [5, 5.41) is 0. The summed E-state index contributed by atoms with van der Waals surface area (Å²) < 4.78 is 0. The maximum atomic E-state index is 10.9. The van der Waals surface area contributed by atoms with Gasteiger partial charge < -0.3 is 0 Å². The van der Waals surface area contributed by atoms with Gasteiger partial charge in [-0.1, -0.05) is 0 Å². The van der Waals surface area contributed by atoms with Gasteiger partial charge in [-0.25, -0.2) is 0 Å². The molecule has 0 aliphatic rings. The van der Waals surface area contributed by atoms with Crippen LogP contribution < -0.4 is 11.5 Å². The van der Waals surface area contributed by atoms with Crippen molar-refractivity contribution >= 4 is 24.4 Å². The number of hydrogen-bond donors (Lipinski definition) is 0. The van der Waals surface area contributed by atoms with E-state index in [2.05, 4.69) is 0 Å². The van der Waals surface area contributed by atoms with Gasteiger partial charge in [-0.3, -0.25) is 0 Å². The van der Waals surface area contributed by atoms with Crippen LogP contribution in [0, 0.1) is 0 Å². The first-order valence-electron chi connectivity index (χ1n) is 3.71. The van der Waals surface area contributed by atoms with Crippen molar-refractivity contribution in [1.29, 1.82) is 0 Å². The number of nitrogens with one attached hydrogen (secondary N) is 2. The van der Waals surface area contributed by atoms with E-state index in [1.807, 2.05) is 0 Å². The predicted molar refractivity (Wildman–Crippen MR) is 51.9 cm³/mol. The Labute approximate surface area is 85.5 Å². The monoisotopic (exact) mass is 265 g/mol. The second-order valence-electron chi connectivity index (χ2n) is 3.49. The molecule has 0 heterocycles. The Morgan fingerprint density at radius 1 is 0.923 bits per heavy atom. The SMILES string of the molecule is C[Si](C)([Cu][Si](C)(C)C([NH])=O)C([NH])=O. The Hall–Kier alpha value is -0.107. The molecule has 0 bridgehead atoms. The molecule has 0 rings (SSSR count). The van der Waals surface area contributed by atoms with Crippen molar-refractivity contribution in [2.45, 2.75) is 26.2 Å². The van der Waals surface area contributed by atoms with E-state index in [1.54, 1.807) is 26.2 Å². The van der Waals surface area contributed by atoms with Crippen molar-refractivity contribution < 1.29 is 23.3 Å². The average Bonchev–Trinajstić information content (AvgIpc) is 1.83. The molecular formula is C6H14CuN2O2Si2. The van der Waals surface area contributed by atoms with Crippen LogP contribution in [-0.2, 0) is 13.7 Å². The van der Waals surface area contributed by atoms with E-state index in [0.717, 1.165) is 0 Å². The van der Waals surface area contributed by atoms with Crippen molar-refractivity contribution in [3.8, 4) is 0 Å². The van der Waals surface area contributed by atoms with Gasteiger partial charge in [0.05, 0.1) is 0 Å². The second kappa shape index (κ2) is 3.95. The summed E-state index contributed by atoms with van der Waals surface area (Å²) >= 11 is 1.42. The molecule has 0 unspecified atom stereocenters. The van der Waals surface area contributed by atoms with E-state index in [9.17, 15) is 9.59 Å². The molecule has 2 radical (unpaired) electrons. The molecule has 4 nitrogen and oxygen atoms in total. The van der Waals surface area contributed by atoms with E-state index in [-0.39, 0.29) is 0 Å². The zero-order chi connectivity index (χ0) is 10.9. The van der Waals surface area contributed by atoms with E-state index in [0.29, 0.717) is 0 Å². The summed E-state index contributed by atoms with van der Waals surface area (Å²) in [6, 6.07) is 0. The van der Waals surface area contributed by atoms with Gasteiger partial charge in [0.25, 0.3) is 0 Å². The van der Waals surface area contributed by atoms with Crippen molar-refractivity contribution in [3.05, 3.63) is 0 Å². The average molecular weight is 266 g/mol. The van der Waals surface area contributed by atoms with Gasteiger partial charge in [-0.05, 0) is 0 Å². The fourth-order valence-electron chi connectivity index (χ4n) is 0.540. The van der Waals surface area contributed by atoms with Crippen LogP contribution in [0.1, 0.15) is 0 Å². The minimum absolute atomic E-state index is 0.561. The van der Waals surface area contributed by atoms with E-state index >= 15 is 0 Å². The molecule has 0 saturated heterocycles. The maximum absolute atomic E-state index is 10.9. The zero-order valence-corrected chi connectivity index (χ0v) is 11.1. The zero-order valence-electron chi connectivity index (χ0n) is 8.12. The molecule has 7 heteroatoms. The Kier molecular flexibility index (Phi) is 3.92. The molecule has 0 aromatic carbocycles. The van der Waals surface area contributed by atoms with Crippen LogP contribution in [0.2, 0.25) is 26.2 Å². The fourth-order valence-corrected chi connectivity index (χ4v) is 20.0. The summed E-state index contributed by atoms with van der Waals surface area (Å²) in [4.78, 5) is 21.8. The number of rotatable bonds is 4. The van der Waals surface area contributed by atoms with Crippen LogP contribution in [0.15, 0.2) is 0 Å². The van der Waals surface area contributed by atoms with Gasteiger partial charge >= 0.3 is 85.3 Å². The van der Waals surface area contributed by atoms with Gasteiger partial charge in [-0.2, -0.15) is 0 Å². The minimum atomic E-state index is -2.32. The molecule has 13 heavy (non-hydrogen) atoms. The van der Waals surface area contributed by atoms with Crippen LogP contribution in [-0.4, -0.2) is 24.4 Å². The van der Waals surface area contributed by atoms with Gasteiger partial charge in [0.1, 0.15) is 0 Å². The van der Waals surface area contributed by atoms with E-state index in [4.69, 9.17) is 11.5 Å². The quantitative estimate of drug-likeness (QED) is 0.721. The van der Waals surface area contributed by atoms with Gasteiger partial charge in [0, 0.05) is 0 Å². The summed E-state index contributed by atoms with van der Waals surface area (Å²) in [7, 11) is 0. The molecule has 0 aromatic heterocycles. The molecule has 79 valence electrons. The Balaban J connectivity index is 4.61. The van der Waals surface area contributed by atoms with Crippen molar-refractivity contribution in [2.24, 2.45) is 0 Å². The molecule has 0 fully saturated rings. The van der Waals surface area contributed by atoms with Crippen LogP contribution in [0.25, 0.3) is 0 Å². The number of carbonyl (C=O) groups is 2. The molecule has 0 spiro atoms. The summed E-state index contributed by atoms with van der Waals surface area (Å²) in [5.74, 6) is 0. The first kappa shape index (κ1) is 12.9. The van der Waals surface area contributed by atoms with Gasteiger partial charge in [0.2, 0.25) is 0 Å². The number of carbonyl (C=O) groups excluding carboxylic acids is 2. The molecular weight excluding hydrogens is 252 g/mol. The van der Waals surface area contributed by atoms with Gasteiger partial charge in [0.15, 0.2) is 0 Å². The molecule has 0 atom stereocenters. The first-order valence-corrected chi connectivity index (χ1v) is 12.1. The molecule has 0 aliphatic carbocycles. The summed E-state index contributed by atoms with van der Waals surface area (Å²) in [6.45, 7) is 2.35. The molecule has 0 aromatic rings. The first-order chi connectivity index (χ1) is 5.59. The van der Waals surface area contributed by atoms with E-state index < -0.39 is 24.4 Å². The Morgan fingerprint density at radius 3 is 1.31 bits per heavy atom. The third-order valence-electron chi connectivity index (χ3n) is 1.42. The third kappa shape index (κ3) is 3.64. The predicted octanol–water partition coefficient (Wildman–Crippen LogP) is 1.45. The normalized spacial score (nSPS) is 12.9. The summed E-state index contributed by atoms with van der Waals surface area (Å²) in [6.07, 6.45) is 0. The number of amides is 2. The topological polar surface area (TPSA) is 81.7 Å². The number of hydrogen-bond acceptors (Lipinski definition) is 2. The molecule has 0 saturated carbocycles. The molecule has 0 aliphatic heterocycles. The molecule has 2 amide bonds. The fraction of sp³-hybridized carbons (Fsp3) is 0.667. The van der Waals surface area contributed by atoms with Crippen molar-refractivity contribution in [2.75, 3.05) is 0 Å². The van der Waals surface area contributed by atoms with Crippen LogP contribution in [0.5, 0.6) is 0 Å². The Bertz CT molecular complexity index is 219. The van der Waals surface area contributed by atoms with Crippen LogP contribution >= 0.6 is 0 Å². The Morgan fingerprint density at radius 2 is 1.15 bits per heavy atom. The standard InChI is InChI=1S/2C3H7NOSi.Cu/c2*1-6(2)3(4)5;/h2*4H,1-2H3;. The van der Waals surface area contributed by atoms with E-state index in [1.165, 1.54) is 13.7 Å². The van der Waals surface area contributed by atoms with Crippen LogP contribution in [0.3, 0.4) is 0 Å².